The SMILES string of the molecule is Cc1ccccc1C(=O)Nc1ccc(S(=O)(=O)NC2(C)CCN(C(=O)OC(C)(C)C)CC2)c2ccccc12. The summed E-state index contributed by atoms with van der Waals surface area (Å²) in [5.41, 5.74) is 0.622. The number of rotatable bonds is 5. The number of benzene rings is 3. The highest BCUT2D eigenvalue weighted by molar-refractivity contribution is 7.89. The van der Waals surface area contributed by atoms with Crippen molar-refractivity contribution in [2.45, 2.75) is 63.5 Å². The molecular formula is C29H35N3O5S. The fourth-order valence-electron chi connectivity index (χ4n) is 4.62. The fraction of sp³-hybridized carbons (Fsp3) is 0.379. The number of likely N-dealkylation sites (tertiary alicyclic amines) is 1. The Balaban J connectivity index is 1.55. The number of ether oxygens (including phenoxy) is 1. The first-order valence-corrected chi connectivity index (χ1v) is 14.2. The molecule has 1 saturated heterocycles. The Morgan fingerprint density at radius 1 is 0.921 bits per heavy atom. The van der Waals surface area contributed by atoms with Crippen LogP contribution in [0.4, 0.5) is 10.5 Å². The molecule has 2 amide bonds. The number of nitrogens with zero attached hydrogens (tertiary/aromatic N) is 1. The van der Waals surface area contributed by atoms with Gasteiger partial charge in [-0.25, -0.2) is 17.9 Å². The van der Waals surface area contributed by atoms with Crippen molar-refractivity contribution in [3.63, 3.8) is 0 Å². The van der Waals surface area contributed by atoms with Crippen molar-refractivity contribution in [2.75, 3.05) is 18.4 Å². The number of amides is 2. The first kappa shape index (κ1) is 27.6. The number of hydrogen-bond acceptors (Lipinski definition) is 5. The number of piperidine rings is 1. The number of carbonyl (C=O) groups excluding carboxylic acids is 2. The molecule has 1 fully saturated rings. The summed E-state index contributed by atoms with van der Waals surface area (Å²) < 4.78 is 35.6. The summed E-state index contributed by atoms with van der Waals surface area (Å²) in [6.07, 6.45) is 0.513. The molecular weight excluding hydrogens is 502 g/mol. The molecule has 3 aromatic carbocycles. The highest BCUT2D eigenvalue weighted by Gasteiger charge is 2.37. The van der Waals surface area contributed by atoms with Crippen LogP contribution in [0.3, 0.4) is 0 Å². The van der Waals surface area contributed by atoms with E-state index in [2.05, 4.69) is 10.0 Å². The number of nitrogens with one attached hydrogen (secondary N) is 2. The second-order valence-corrected chi connectivity index (χ2v) is 12.7. The lowest BCUT2D eigenvalue weighted by Crippen LogP contribution is -2.54. The van der Waals surface area contributed by atoms with Crippen LogP contribution in [0.1, 0.15) is 56.5 Å². The standard InChI is InChI=1S/C29H35N3O5S/c1-20-10-6-7-11-21(20)26(33)30-24-14-15-25(23-13-9-8-12-22(23)24)38(35,36)31-29(5)16-18-32(19-17-29)27(34)37-28(2,3)4/h6-15,31H,16-19H2,1-5H3,(H,30,33). The number of sulfonamides is 1. The maximum absolute atomic E-state index is 13.6. The molecule has 8 nitrogen and oxygen atoms in total. The number of hydrogen-bond donors (Lipinski definition) is 2. The van der Waals surface area contributed by atoms with E-state index in [1.54, 1.807) is 41.3 Å². The summed E-state index contributed by atoms with van der Waals surface area (Å²) in [6.45, 7) is 9.95. The molecule has 0 radical (unpaired) electrons. The van der Waals surface area contributed by atoms with Gasteiger partial charge in [-0.05, 0) is 71.2 Å². The zero-order valence-corrected chi connectivity index (χ0v) is 23.3. The second-order valence-electron chi connectivity index (χ2n) is 11.1. The van der Waals surface area contributed by atoms with Crippen LogP contribution >= 0.6 is 0 Å². The molecule has 0 atom stereocenters. The van der Waals surface area contributed by atoms with Gasteiger partial charge in [-0.1, -0.05) is 42.5 Å². The van der Waals surface area contributed by atoms with E-state index in [9.17, 15) is 18.0 Å². The van der Waals surface area contributed by atoms with Crippen LogP contribution in [0.5, 0.6) is 0 Å². The average Bonchev–Trinajstić information content (AvgIpc) is 2.83. The van der Waals surface area contributed by atoms with Gasteiger partial charge >= 0.3 is 6.09 Å². The minimum Gasteiger partial charge on any atom is -0.444 e. The Morgan fingerprint density at radius 3 is 2.16 bits per heavy atom. The van der Waals surface area contributed by atoms with E-state index in [0.717, 1.165) is 5.56 Å². The summed E-state index contributed by atoms with van der Waals surface area (Å²) in [7, 11) is -3.91. The lowest BCUT2D eigenvalue weighted by molar-refractivity contribution is 0.0169. The van der Waals surface area contributed by atoms with Gasteiger partial charge in [-0.3, -0.25) is 4.79 Å². The minimum absolute atomic E-state index is 0.137. The third-order valence-electron chi connectivity index (χ3n) is 6.71. The van der Waals surface area contributed by atoms with Gasteiger partial charge in [-0.15, -0.1) is 0 Å². The summed E-state index contributed by atoms with van der Waals surface area (Å²) in [5.74, 6) is -0.258. The fourth-order valence-corrected chi connectivity index (χ4v) is 6.30. The highest BCUT2D eigenvalue weighted by atomic mass is 32.2. The van der Waals surface area contributed by atoms with Gasteiger partial charge in [0.1, 0.15) is 5.60 Å². The van der Waals surface area contributed by atoms with Gasteiger partial charge in [-0.2, -0.15) is 0 Å². The van der Waals surface area contributed by atoms with Crippen molar-refractivity contribution in [1.82, 2.24) is 9.62 Å². The topological polar surface area (TPSA) is 105 Å². The average molecular weight is 538 g/mol. The highest BCUT2D eigenvalue weighted by Crippen LogP contribution is 2.32. The second kappa shape index (κ2) is 10.4. The summed E-state index contributed by atoms with van der Waals surface area (Å²) in [5, 5.41) is 4.08. The summed E-state index contributed by atoms with van der Waals surface area (Å²) >= 11 is 0. The molecule has 0 unspecified atom stereocenters. The Kier molecular flexibility index (Phi) is 7.54. The van der Waals surface area contributed by atoms with E-state index in [1.165, 1.54) is 6.07 Å². The molecule has 202 valence electrons. The van der Waals surface area contributed by atoms with Gasteiger partial charge in [0.05, 0.1) is 4.90 Å². The Morgan fingerprint density at radius 2 is 1.53 bits per heavy atom. The van der Waals surface area contributed by atoms with E-state index >= 15 is 0 Å². The maximum Gasteiger partial charge on any atom is 0.410 e. The third-order valence-corrected chi connectivity index (χ3v) is 8.41. The molecule has 1 heterocycles. The molecule has 1 aliphatic rings. The van der Waals surface area contributed by atoms with Crippen molar-refractivity contribution >= 4 is 38.5 Å². The largest absolute Gasteiger partial charge is 0.444 e. The van der Waals surface area contributed by atoms with Crippen LogP contribution in [0.2, 0.25) is 0 Å². The zero-order valence-electron chi connectivity index (χ0n) is 22.5. The Labute approximate surface area is 224 Å². The van der Waals surface area contributed by atoms with Crippen molar-refractivity contribution in [3.8, 4) is 0 Å². The van der Waals surface area contributed by atoms with Crippen LogP contribution in [-0.2, 0) is 14.8 Å². The van der Waals surface area contributed by atoms with Crippen molar-refractivity contribution < 1.29 is 22.7 Å². The van der Waals surface area contributed by atoms with Crippen molar-refractivity contribution in [1.29, 1.82) is 0 Å². The van der Waals surface area contributed by atoms with Gasteiger partial charge in [0.2, 0.25) is 10.0 Å². The Bertz CT molecular complexity index is 1470. The molecule has 1 aliphatic heterocycles. The predicted octanol–water partition coefficient (Wildman–Crippen LogP) is 5.47. The van der Waals surface area contributed by atoms with E-state index in [1.807, 2.05) is 52.8 Å². The molecule has 0 aromatic heterocycles. The third kappa shape index (κ3) is 6.16. The molecule has 3 aromatic rings. The first-order valence-electron chi connectivity index (χ1n) is 12.7. The summed E-state index contributed by atoms with van der Waals surface area (Å²) in [6, 6.07) is 17.6. The molecule has 0 spiro atoms. The lowest BCUT2D eigenvalue weighted by atomic mass is 9.91. The van der Waals surface area contributed by atoms with E-state index in [0.29, 0.717) is 48.0 Å². The predicted molar refractivity (Wildman–Crippen MR) is 149 cm³/mol. The number of aryl methyl sites for hydroxylation is 1. The van der Waals surface area contributed by atoms with E-state index in [-0.39, 0.29) is 10.8 Å². The maximum atomic E-state index is 13.6. The first-order chi connectivity index (χ1) is 17.8. The van der Waals surface area contributed by atoms with Crippen LogP contribution in [-0.4, -0.2) is 49.5 Å². The van der Waals surface area contributed by atoms with E-state index < -0.39 is 27.3 Å². The molecule has 4 rings (SSSR count). The van der Waals surface area contributed by atoms with Crippen LogP contribution in [0.25, 0.3) is 10.8 Å². The molecule has 9 heteroatoms. The van der Waals surface area contributed by atoms with Crippen LogP contribution in [0.15, 0.2) is 65.6 Å². The summed E-state index contributed by atoms with van der Waals surface area (Å²) in [4.78, 5) is 27.1. The molecule has 2 N–H and O–H groups in total. The van der Waals surface area contributed by atoms with Gasteiger partial charge in [0, 0.05) is 40.7 Å². The molecule has 0 aliphatic carbocycles. The van der Waals surface area contributed by atoms with Crippen molar-refractivity contribution in [2.24, 2.45) is 0 Å². The Hall–Kier alpha value is -3.43. The minimum atomic E-state index is -3.91. The molecule has 0 saturated carbocycles. The number of anilines is 1. The molecule has 38 heavy (non-hydrogen) atoms. The lowest BCUT2D eigenvalue weighted by Gasteiger charge is -2.40. The van der Waals surface area contributed by atoms with Crippen molar-refractivity contribution in [3.05, 3.63) is 71.8 Å². The molecule has 0 bridgehead atoms. The smallest absolute Gasteiger partial charge is 0.410 e. The number of fused-ring (bicyclic) bond motifs is 1. The normalized spacial score (nSPS) is 15.8. The van der Waals surface area contributed by atoms with Gasteiger partial charge < -0.3 is 15.0 Å². The van der Waals surface area contributed by atoms with Gasteiger partial charge in [0.25, 0.3) is 5.91 Å². The van der Waals surface area contributed by atoms with E-state index in [4.69, 9.17) is 4.74 Å². The quantitative estimate of drug-likeness (QED) is 0.449. The monoisotopic (exact) mass is 537 g/mol. The van der Waals surface area contributed by atoms with Crippen LogP contribution in [0, 0.1) is 6.92 Å². The van der Waals surface area contributed by atoms with Gasteiger partial charge in [0.15, 0.2) is 0 Å². The number of carbonyl (C=O) groups is 2. The van der Waals surface area contributed by atoms with Crippen LogP contribution < -0.4 is 10.0 Å². The zero-order chi connectivity index (χ0) is 27.7.